The summed E-state index contributed by atoms with van der Waals surface area (Å²) in [5.74, 6) is -0.0900. The highest BCUT2D eigenvalue weighted by atomic mass is 35.5. The normalized spacial score (nSPS) is 12.0. The average molecular weight is 381 g/mol. The Bertz CT molecular complexity index is 807. The van der Waals surface area contributed by atoms with Gasteiger partial charge in [-0.15, -0.1) is 0 Å². The number of fused-ring (bicyclic) bond motifs is 1. The van der Waals surface area contributed by atoms with Crippen molar-refractivity contribution in [2.24, 2.45) is 4.99 Å². The second-order valence-corrected chi connectivity index (χ2v) is 7.54. The second kappa shape index (κ2) is 9.88. The lowest BCUT2D eigenvalue weighted by Gasteiger charge is -2.02. The van der Waals surface area contributed by atoms with Gasteiger partial charge >= 0.3 is 0 Å². The molecule has 0 bridgehead atoms. The van der Waals surface area contributed by atoms with Crippen molar-refractivity contribution in [2.45, 2.75) is 65.2 Å². The lowest BCUT2D eigenvalue weighted by atomic mass is 10.2. The number of carbonyl (C=O) groups is 2. The van der Waals surface area contributed by atoms with E-state index >= 15 is 0 Å². The molecule has 0 N–H and O–H groups in total. The summed E-state index contributed by atoms with van der Waals surface area (Å²) in [7, 11) is 0. The van der Waals surface area contributed by atoms with E-state index in [9.17, 15) is 9.59 Å². The molecule has 0 atom stereocenters. The summed E-state index contributed by atoms with van der Waals surface area (Å²) in [6, 6.07) is 5.37. The number of rotatable bonds is 8. The van der Waals surface area contributed by atoms with Crippen LogP contribution in [0.4, 0.5) is 0 Å². The molecule has 0 saturated carbocycles. The van der Waals surface area contributed by atoms with Gasteiger partial charge in [0.2, 0.25) is 11.8 Å². The highest BCUT2D eigenvalue weighted by Gasteiger charge is 2.13. The maximum atomic E-state index is 12.5. The number of nitrogens with zero attached hydrogens (tertiary/aromatic N) is 2. The van der Waals surface area contributed by atoms with Gasteiger partial charge in [0.25, 0.3) is 0 Å². The van der Waals surface area contributed by atoms with Crippen LogP contribution in [0, 0.1) is 0 Å². The minimum absolute atomic E-state index is 0.0469. The van der Waals surface area contributed by atoms with E-state index in [1.807, 2.05) is 6.07 Å². The summed E-state index contributed by atoms with van der Waals surface area (Å²) in [6.45, 7) is 4.21. The van der Waals surface area contributed by atoms with Crippen LogP contribution in [0.5, 0.6) is 0 Å². The molecule has 6 heteroatoms. The molecule has 0 radical (unpaired) electrons. The number of hydrogen-bond donors (Lipinski definition) is 0. The van der Waals surface area contributed by atoms with E-state index in [-0.39, 0.29) is 11.8 Å². The SMILES string of the molecule is CCCCCC(=O)N=c1sn(C(=O)CCCCC)c2ccc(Cl)cc12. The van der Waals surface area contributed by atoms with Crippen molar-refractivity contribution < 1.29 is 9.59 Å². The van der Waals surface area contributed by atoms with Gasteiger partial charge in [-0.2, -0.15) is 0 Å². The van der Waals surface area contributed by atoms with E-state index in [1.165, 1.54) is 11.5 Å². The van der Waals surface area contributed by atoms with Crippen LogP contribution >= 0.6 is 23.1 Å². The summed E-state index contributed by atoms with van der Waals surface area (Å²) < 4.78 is 2.22. The van der Waals surface area contributed by atoms with Crippen molar-refractivity contribution in [1.82, 2.24) is 3.96 Å². The summed E-state index contributed by atoms with van der Waals surface area (Å²) in [5, 5.41) is 1.34. The Kier molecular flexibility index (Phi) is 7.85. The van der Waals surface area contributed by atoms with Crippen molar-refractivity contribution in [1.29, 1.82) is 0 Å². The van der Waals surface area contributed by atoms with E-state index in [0.717, 1.165) is 49.4 Å². The third-order valence-electron chi connectivity index (χ3n) is 4.03. The molecular formula is C19H25ClN2O2S. The van der Waals surface area contributed by atoms with Crippen molar-refractivity contribution in [3.05, 3.63) is 27.9 Å². The molecule has 1 heterocycles. The van der Waals surface area contributed by atoms with Gasteiger partial charge in [0.1, 0.15) is 4.67 Å². The third-order valence-corrected chi connectivity index (χ3v) is 5.33. The lowest BCUT2D eigenvalue weighted by Crippen LogP contribution is -2.07. The van der Waals surface area contributed by atoms with Crippen molar-refractivity contribution in [3.8, 4) is 0 Å². The zero-order valence-corrected chi connectivity index (χ0v) is 16.5. The number of halogens is 1. The molecule has 0 aliphatic rings. The third kappa shape index (κ3) is 5.51. The lowest BCUT2D eigenvalue weighted by molar-refractivity contribution is -0.118. The standard InChI is InChI=1S/C19H25ClN2O2S/c1-3-5-7-9-17(23)21-19-15-13-14(20)11-12-16(15)22(25-19)18(24)10-8-6-4-2/h11-13H,3-10H2,1-2H3. The van der Waals surface area contributed by atoms with E-state index in [0.29, 0.717) is 22.5 Å². The molecular weight excluding hydrogens is 356 g/mol. The van der Waals surface area contributed by atoms with Gasteiger partial charge in [0.15, 0.2) is 0 Å². The molecule has 0 fully saturated rings. The molecule has 2 aromatic rings. The number of unbranched alkanes of at least 4 members (excludes halogenated alkanes) is 4. The number of hydrogen-bond acceptors (Lipinski definition) is 3. The predicted molar refractivity (Wildman–Crippen MR) is 104 cm³/mol. The highest BCUT2D eigenvalue weighted by molar-refractivity contribution is 7.06. The van der Waals surface area contributed by atoms with Gasteiger partial charge in [-0.25, -0.2) is 8.95 Å². The van der Waals surface area contributed by atoms with Crippen LogP contribution in [0.1, 0.15) is 70.0 Å². The molecule has 0 spiro atoms. The molecule has 1 aromatic heterocycles. The summed E-state index contributed by atoms with van der Waals surface area (Å²) in [4.78, 5) is 28.9. The van der Waals surface area contributed by atoms with Crippen molar-refractivity contribution in [2.75, 3.05) is 0 Å². The topological polar surface area (TPSA) is 51.4 Å². The predicted octanol–water partition coefficient (Wildman–Crippen LogP) is 5.58. The summed E-state index contributed by atoms with van der Waals surface area (Å²) in [5.41, 5.74) is 0.774. The number of aromatic nitrogens is 1. The fraction of sp³-hybridized carbons (Fsp3) is 0.526. The zero-order valence-electron chi connectivity index (χ0n) is 14.9. The highest BCUT2D eigenvalue weighted by Crippen LogP contribution is 2.20. The Morgan fingerprint density at radius 3 is 2.44 bits per heavy atom. The Balaban J connectivity index is 2.35. The van der Waals surface area contributed by atoms with Crippen molar-refractivity contribution >= 4 is 45.9 Å². The first kappa shape index (κ1) is 19.9. The van der Waals surface area contributed by atoms with Crippen LogP contribution in [0.2, 0.25) is 5.02 Å². The fourth-order valence-electron chi connectivity index (χ4n) is 2.63. The molecule has 0 saturated heterocycles. The Hall–Kier alpha value is -1.46. The van der Waals surface area contributed by atoms with Crippen molar-refractivity contribution in [3.63, 3.8) is 0 Å². The Morgan fingerprint density at radius 2 is 1.76 bits per heavy atom. The minimum Gasteiger partial charge on any atom is -0.273 e. The number of benzene rings is 1. The maximum Gasteiger partial charge on any atom is 0.247 e. The van der Waals surface area contributed by atoms with E-state index < -0.39 is 0 Å². The van der Waals surface area contributed by atoms with Crippen LogP contribution < -0.4 is 4.67 Å². The smallest absolute Gasteiger partial charge is 0.247 e. The monoisotopic (exact) mass is 380 g/mol. The first-order valence-corrected chi connectivity index (χ1v) is 10.1. The van der Waals surface area contributed by atoms with Crippen LogP contribution in [-0.2, 0) is 4.79 Å². The fourth-order valence-corrected chi connectivity index (χ4v) is 3.83. The van der Waals surface area contributed by atoms with Crippen LogP contribution in [0.15, 0.2) is 23.2 Å². The molecule has 1 amide bonds. The first-order chi connectivity index (χ1) is 12.1. The Morgan fingerprint density at radius 1 is 1.08 bits per heavy atom. The zero-order chi connectivity index (χ0) is 18.2. The van der Waals surface area contributed by atoms with Crippen LogP contribution in [0.3, 0.4) is 0 Å². The number of carbonyl (C=O) groups excluding carboxylic acids is 2. The Labute approximate surface area is 157 Å². The second-order valence-electron chi connectivity index (χ2n) is 6.17. The molecule has 136 valence electrons. The molecule has 0 aliphatic heterocycles. The van der Waals surface area contributed by atoms with E-state index in [4.69, 9.17) is 11.6 Å². The van der Waals surface area contributed by atoms with Gasteiger partial charge in [0.05, 0.1) is 5.52 Å². The average Bonchev–Trinajstić information content (AvgIpc) is 2.93. The molecule has 25 heavy (non-hydrogen) atoms. The number of amides is 1. The molecule has 4 nitrogen and oxygen atoms in total. The van der Waals surface area contributed by atoms with Gasteiger partial charge < -0.3 is 0 Å². The van der Waals surface area contributed by atoms with Gasteiger partial charge in [-0.3, -0.25) is 9.59 Å². The minimum atomic E-state index is -0.137. The summed E-state index contributed by atoms with van der Waals surface area (Å²) in [6.07, 6.45) is 6.86. The molecule has 0 unspecified atom stereocenters. The largest absolute Gasteiger partial charge is 0.273 e. The molecule has 1 aromatic carbocycles. The van der Waals surface area contributed by atoms with Gasteiger partial charge in [0, 0.05) is 23.3 Å². The summed E-state index contributed by atoms with van der Waals surface area (Å²) >= 11 is 7.34. The maximum absolute atomic E-state index is 12.5. The van der Waals surface area contributed by atoms with Crippen LogP contribution in [0.25, 0.3) is 10.9 Å². The molecule has 0 aliphatic carbocycles. The quantitative estimate of drug-likeness (QED) is 0.561. The molecule has 2 rings (SSSR count). The van der Waals surface area contributed by atoms with E-state index in [1.54, 1.807) is 16.1 Å². The van der Waals surface area contributed by atoms with Crippen LogP contribution in [-0.4, -0.2) is 15.8 Å². The van der Waals surface area contributed by atoms with Gasteiger partial charge in [-0.05, 0) is 42.6 Å². The first-order valence-electron chi connectivity index (χ1n) is 8.99. The van der Waals surface area contributed by atoms with E-state index in [2.05, 4.69) is 18.8 Å². The van der Waals surface area contributed by atoms with Gasteiger partial charge in [-0.1, -0.05) is 51.1 Å².